The highest BCUT2D eigenvalue weighted by molar-refractivity contribution is 5.89. The normalized spacial score (nSPS) is 23.2. The molecule has 2 heterocycles. The van der Waals surface area contributed by atoms with Crippen molar-refractivity contribution in [1.29, 1.82) is 0 Å². The van der Waals surface area contributed by atoms with Gasteiger partial charge in [0.05, 0.1) is 6.42 Å². The second kappa shape index (κ2) is 8.08. The molecule has 1 unspecified atom stereocenters. The van der Waals surface area contributed by atoms with E-state index in [1.807, 2.05) is 30.3 Å². The van der Waals surface area contributed by atoms with Gasteiger partial charge in [-0.15, -0.1) is 0 Å². The van der Waals surface area contributed by atoms with Crippen molar-refractivity contribution >= 4 is 16.8 Å². The van der Waals surface area contributed by atoms with Crippen LogP contribution < -0.4 is 5.32 Å². The largest absolute Gasteiger partial charge is 0.361 e. The number of hydrogen-bond acceptors (Lipinski definition) is 2. The SMILES string of the molecule is CN1C[C@H](CNC(=O)Cc2ccccc2)CC2c3cc(C(C)(C)C)cc4[nH]cc(c34)C[C@H]21. The van der Waals surface area contributed by atoms with Crippen LogP contribution in [0.4, 0.5) is 0 Å². The van der Waals surface area contributed by atoms with Crippen molar-refractivity contribution in [3.05, 3.63) is 70.9 Å². The molecule has 1 saturated heterocycles. The molecule has 4 heteroatoms. The fraction of sp³-hybridized carbons (Fsp3) is 0.464. The summed E-state index contributed by atoms with van der Waals surface area (Å²) in [5.41, 5.74) is 6.83. The lowest BCUT2D eigenvalue weighted by Gasteiger charge is -2.46. The molecular weight excluding hydrogens is 394 g/mol. The topological polar surface area (TPSA) is 48.1 Å². The van der Waals surface area contributed by atoms with Gasteiger partial charge in [-0.1, -0.05) is 57.2 Å². The zero-order valence-corrected chi connectivity index (χ0v) is 19.7. The fourth-order valence-electron chi connectivity index (χ4n) is 5.81. The van der Waals surface area contributed by atoms with Crippen LogP contribution in [-0.2, 0) is 23.1 Å². The maximum atomic E-state index is 12.5. The van der Waals surface area contributed by atoms with E-state index in [4.69, 9.17) is 0 Å². The molecule has 2 aliphatic rings. The number of amides is 1. The maximum Gasteiger partial charge on any atom is 0.224 e. The number of aromatic nitrogens is 1. The summed E-state index contributed by atoms with van der Waals surface area (Å²) < 4.78 is 0. The Hall–Kier alpha value is -2.59. The zero-order valence-electron chi connectivity index (χ0n) is 19.7. The molecule has 0 radical (unpaired) electrons. The molecule has 0 saturated carbocycles. The van der Waals surface area contributed by atoms with Gasteiger partial charge in [-0.25, -0.2) is 0 Å². The molecule has 3 aromatic rings. The number of carbonyl (C=O) groups is 1. The Morgan fingerprint density at radius 3 is 2.72 bits per heavy atom. The van der Waals surface area contributed by atoms with Crippen molar-refractivity contribution in [2.75, 3.05) is 20.1 Å². The number of rotatable bonds is 4. The Morgan fingerprint density at radius 2 is 1.97 bits per heavy atom. The van der Waals surface area contributed by atoms with E-state index in [-0.39, 0.29) is 11.3 Å². The number of hydrogen-bond donors (Lipinski definition) is 2. The first-order chi connectivity index (χ1) is 15.3. The van der Waals surface area contributed by atoms with Crippen molar-refractivity contribution in [2.45, 2.75) is 57.4 Å². The first-order valence-electron chi connectivity index (χ1n) is 11.9. The number of benzene rings is 2. The highest BCUT2D eigenvalue weighted by Crippen LogP contribution is 2.45. The number of piperidine rings is 1. The number of nitrogens with one attached hydrogen (secondary N) is 2. The average Bonchev–Trinajstić information content (AvgIpc) is 3.17. The van der Waals surface area contributed by atoms with E-state index >= 15 is 0 Å². The van der Waals surface area contributed by atoms with Crippen LogP contribution in [0.3, 0.4) is 0 Å². The van der Waals surface area contributed by atoms with Gasteiger partial charge >= 0.3 is 0 Å². The lowest BCUT2D eigenvalue weighted by Crippen LogP contribution is -2.50. The minimum atomic E-state index is 0.119. The molecule has 0 bridgehead atoms. The molecule has 2 N–H and O–H groups in total. The molecule has 1 aliphatic heterocycles. The van der Waals surface area contributed by atoms with E-state index in [2.05, 4.69) is 61.3 Å². The van der Waals surface area contributed by atoms with Crippen LogP contribution in [-0.4, -0.2) is 42.0 Å². The van der Waals surface area contributed by atoms with Crippen LogP contribution in [0.25, 0.3) is 10.9 Å². The Labute approximate surface area is 191 Å². The van der Waals surface area contributed by atoms with Crippen molar-refractivity contribution in [2.24, 2.45) is 5.92 Å². The fourth-order valence-corrected chi connectivity index (χ4v) is 5.81. The van der Waals surface area contributed by atoms with E-state index in [1.54, 1.807) is 0 Å². The molecule has 4 nitrogen and oxygen atoms in total. The third kappa shape index (κ3) is 3.97. The number of likely N-dealkylation sites (tertiary alicyclic amines) is 1. The molecule has 2 aromatic carbocycles. The molecular formula is C28H35N3O. The predicted octanol–water partition coefficient (Wildman–Crippen LogP) is 4.78. The summed E-state index contributed by atoms with van der Waals surface area (Å²) in [5.74, 6) is 1.10. The van der Waals surface area contributed by atoms with Crippen molar-refractivity contribution in [3.63, 3.8) is 0 Å². The Balaban J connectivity index is 1.36. The van der Waals surface area contributed by atoms with Gasteiger partial charge < -0.3 is 15.2 Å². The third-order valence-corrected chi connectivity index (χ3v) is 7.55. The monoisotopic (exact) mass is 429 g/mol. The summed E-state index contributed by atoms with van der Waals surface area (Å²) in [7, 11) is 2.26. The number of nitrogens with zero attached hydrogens (tertiary/aromatic N) is 1. The Kier molecular flexibility index (Phi) is 5.37. The lowest BCUT2D eigenvalue weighted by molar-refractivity contribution is -0.120. The van der Waals surface area contributed by atoms with Gasteiger partial charge in [0, 0.05) is 42.1 Å². The summed E-state index contributed by atoms with van der Waals surface area (Å²) in [5, 5.41) is 4.67. The summed E-state index contributed by atoms with van der Waals surface area (Å²) in [4.78, 5) is 18.6. The quantitative estimate of drug-likeness (QED) is 0.627. The van der Waals surface area contributed by atoms with Crippen molar-refractivity contribution < 1.29 is 4.79 Å². The summed E-state index contributed by atoms with van der Waals surface area (Å²) in [6.07, 6.45) is 4.92. The number of aromatic amines is 1. The second-order valence-corrected chi connectivity index (χ2v) is 10.9. The van der Waals surface area contributed by atoms with Crippen LogP contribution in [0.1, 0.15) is 55.4 Å². The molecule has 5 rings (SSSR count). The maximum absolute atomic E-state index is 12.5. The first kappa shape index (κ1) is 21.3. The predicted molar refractivity (Wildman–Crippen MR) is 131 cm³/mol. The van der Waals surface area contributed by atoms with Gasteiger partial charge in [-0.2, -0.15) is 0 Å². The first-order valence-corrected chi connectivity index (χ1v) is 11.9. The molecule has 1 aromatic heterocycles. The average molecular weight is 430 g/mol. The molecule has 3 atom stereocenters. The standard InChI is InChI=1S/C28H35N3O/c1-28(2,3)21-13-23-22-10-19(15-30-26(32)11-18-8-6-5-7-9-18)17-31(4)25(22)12-20-16-29-24(14-21)27(20)23/h5-9,13-14,16,19,22,25,29H,10-12,15,17H2,1-4H3,(H,30,32)/t19-,22?,25+/m0/s1. The smallest absolute Gasteiger partial charge is 0.224 e. The number of fused-ring (bicyclic) bond motifs is 2. The van der Waals surface area contributed by atoms with E-state index in [0.29, 0.717) is 24.3 Å². The van der Waals surface area contributed by atoms with Gasteiger partial charge in [0.25, 0.3) is 0 Å². The molecule has 32 heavy (non-hydrogen) atoms. The van der Waals surface area contributed by atoms with E-state index in [1.165, 1.54) is 27.6 Å². The molecule has 0 spiro atoms. The molecule has 1 aliphatic carbocycles. The number of H-pyrrole nitrogens is 1. The number of carbonyl (C=O) groups excluding carboxylic acids is 1. The van der Waals surface area contributed by atoms with E-state index in [9.17, 15) is 4.79 Å². The summed E-state index contributed by atoms with van der Waals surface area (Å²) in [6, 6.07) is 15.4. The minimum Gasteiger partial charge on any atom is -0.361 e. The second-order valence-electron chi connectivity index (χ2n) is 10.9. The van der Waals surface area contributed by atoms with E-state index < -0.39 is 0 Å². The molecule has 168 valence electrons. The highest BCUT2D eigenvalue weighted by Gasteiger charge is 2.40. The molecule has 1 fully saturated rings. The van der Waals surface area contributed by atoms with Gasteiger partial charge in [0.1, 0.15) is 0 Å². The van der Waals surface area contributed by atoms with Crippen LogP contribution in [0, 0.1) is 5.92 Å². The summed E-state index contributed by atoms with van der Waals surface area (Å²) >= 11 is 0. The van der Waals surface area contributed by atoms with Gasteiger partial charge in [-0.3, -0.25) is 4.79 Å². The Morgan fingerprint density at radius 1 is 1.19 bits per heavy atom. The number of likely N-dealkylation sites (N-methyl/N-ethyl adjacent to an activating group) is 1. The van der Waals surface area contributed by atoms with Crippen LogP contribution in [0.2, 0.25) is 0 Å². The van der Waals surface area contributed by atoms with Crippen molar-refractivity contribution in [3.8, 4) is 0 Å². The van der Waals surface area contributed by atoms with Crippen LogP contribution in [0.15, 0.2) is 48.7 Å². The minimum absolute atomic E-state index is 0.119. The van der Waals surface area contributed by atoms with Gasteiger partial charge in [0.2, 0.25) is 5.91 Å². The Bertz CT molecular complexity index is 1120. The van der Waals surface area contributed by atoms with Gasteiger partial charge in [-0.05, 0) is 59.5 Å². The van der Waals surface area contributed by atoms with Crippen LogP contribution >= 0.6 is 0 Å². The highest BCUT2D eigenvalue weighted by atomic mass is 16.1. The summed E-state index contributed by atoms with van der Waals surface area (Å²) in [6.45, 7) is 8.67. The van der Waals surface area contributed by atoms with E-state index in [0.717, 1.165) is 31.5 Å². The van der Waals surface area contributed by atoms with Crippen LogP contribution in [0.5, 0.6) is 0 Å². The third-order valence-electron chi connectivity index (χ3n) is 7.55. The zero-order chi connectivity index (χ0) is 22.5. The molecule has 1 amide bonds. The van der Waals surface area contributed by atoms with Crippen molar-refractivity contribution in [1.82, 2.24) is 15.2 Å². The lowest BCUT2D eigenvalue weighted by atomic mass is 9.71. The van der Waals surface area contributed by atoms with Gasteiger partial charge in [0.15, 0.2) is 0 Å².